The van der Waals surface area contributed by atoms with Gasteiger partial charge in [-0.05, 0) is 31.4 Å². The number of aryl methyl sites for hydroxylation is 1. The second-order valence-corrected chi connectivity index (χ2v) is 6.97. The van der Waals surface area contributed by atoms with Gasteiger partial charge in [-0.3, -0.25) is 14.5 Å². The van der Waals surface area contributed by atoms with Crippen molar-refractivity contribution in [3.63, 3.8) is 0 Å². The Bertz CT molecular complexity index is 813. The number of halogens is 1. The zero-order valence-electron chi connectivity index (χ0n) is 14.8. The number of rotatable bonds is 8. The average molecular weight is 452 g/mol. The van der Waals surface area contributed by atoms with Crippen molar-refractivity contribution in [2.24, 2.45) is 16.5 Å². The maximum atomic E-state index is 12.3. The van der Waals surface area contributed by atoms with E-state index in [1.165, 1.54) is 16.2 Å². The lowest BCUT2D eigenvalue weighted by Gasteiger charge is -2.13. The van der Waals surface area contributed by atoms with Crippen molar-refractivity contribution < 1.29 is 9.59 Å². The van der Waals surface area contributed by atoms with E-state index in [4.69, 9.17) is 11.5 Å². The molecule has 1 aliphatic heterocycles. The highest BCUT2D eigenvalue weighted by molar-refractivity contribution is 8.93. The van der Waals surface area contributed by atoms with Crippen LogP contribution in [0.5, 0.6) is 0 Å². The first-order valence-corrected chi connectivity index (χ1v) is 9.43. The number of carbonyl (C=O) groups excluding carboxylic acids is 2. The molecule has 0 bridgehead atoms. The van der Waals surface area contributed by atoms with E-state index >= 15 is 0 Å². The number of benzene rings is 1. The largest absolute Gasteiger partial charge is 0.370 e. The van der Waals surface area contributed by atoms with E-state index in [9.17, 15) is 9.59 Å². The van der Waals surface area contributed by atoms with E-state index < -0.39 is 0 Å². The van der Waals surface area contributed by atoms with Crippen LogP contribution in [0.25, 0.3) is 0 Å². The maximum absolute atomic E-state index is 12.3. The van der Waals surface area contributed by atoms with Crippen LogP contribution in [0.3, 0.4) is 0 Å². The summed E-state index contributed by atoms with van der Waals surface area (Å²) in [6.07, 6.45) is 4.63. The summed E-state index contributed by atoms with van der Waals surface area (Å²) in [7, 11) is 0. The summed E-state index contributed by atoms with van der Waals surface area (Å²) in [5.41, 5.74) is 12.7. The average Bonchev–Trinajstić information content (AvgIpc) is 3.15. The number of hydrogen-bond acceptors (Lipinski definition) is 5. The standard InChI is InChI=1S/C18H21N5O2S.BrH/c19-17(20)22-18-21-12(11-26-18)7-3-1-2-6-10-23-15(24)13-8-4-5-9-14(13)16(23)25;/h4-5,8-9,11H,1-3,6-7,10H2,(H4,19,20,21,22);1H. The third kappa shape index (κ3) is 5.14. The van der Waals surface area contributed by atoms with E-state index in [1.807, 2.05) is 5.38 Å². The molecule has 9 heteroatoms. The topological polar surface area (TPSA) is 115 Å². The van der Waals surface area contributed by atoms with Crippen molar-refractivity contribution in [2.45, 2.75) is 32.1 Å². The first-order valence-electron chi connectivity index (χ1n) is 8.55. The number of unbranched alkanes of at least 4 members (excludes halogenated alkanes) is 3. The minimum Gasteiger partial charge on any atom is -0.370 e. The summed E-state index contributed by atoms with van der Waals surface area (Å²) in [5.74, 6) is -0.347. The lowest BCUT2D eigenvalue weighted by Crippen LogP contribution is -2.30. The van der Waals surface area contributed by atoms with Crippen LogP contribution in [0, 0.1) is 0 Å². The highest BCUT2D eigenvalue weighted by Crippen LogP contribution is 2.23. The summed E-state index contributed by atoms with van der Waals surface area (Å²) < 4.78 is 0. The molecule has 0 fully saturated rings. The van der Waals surface area contributed by atoms with Crippen LogP contribution in [0.4, 0.5) is 5.13 Å². The van der Waals surface area contributed by atoms with Crippen molar-refractivity contribution in [3.8, 4) is 0 Å². The summed E-state index contributed by atoms with van der Waals surface area (Å²) >= 11 is 1.42. The molecule has 2 amide bonds. The van der Waals surface area contributed by atoms with E-state index in [2.05, 4.69) is 9.98 Å². The number of fused-ring (bicyclic) bond motifs is 1. The maximum Gasteiger partial charge on any atom is 0.261 e. The highest BCUT2D eigenvalue weighted by atomic mass is 79.9. The van der Waals surface area contributed by atoms with Gasteiger partial charge in [0.1, 0.15) is 0 Å². The number of imide groups is 1. The Morgan fingerprint density at radius 3 is 2.30 bits per heavy atom. The number of amides is 2. The van der Waals surface area contributed by atoms with Crippen LogP contribution in [0.15, 0.2) is 34.6 Å². The van der Waals surface area contributed by atoms with Gasteiger partial charge in [-0.15, -0.1) is 28.3 Å². The Kier molecular flexibility index (Phi) is 7.49. The summed E-state index contributed by atoms with van der Waals surface area (Å²) in [6.45, 7) is 0.470. The third-order valence-corrected chi connectivity index (χ3v) is 4.99. The molecule has 0 saturated carbocycles. The molecule has 4 N–H and O–H groups in total. The van der Waals surface area contributed by atoms with Gasteiger partial charge in [0, 0.05) is 11.9 Å². The van der Waals surface area contributed by atoms with Gasteiger partial charge in [0.05, 0.1) is 16.8 Å². The van der Waals surface area contributed by atoms with Crippen LogP contribution >= 0.6 is 28.3 Å². The van der Waals surface area contributed by atoms with Crippen molar-refractivity contribution in [3.05, 3.63) is 46.5 Å². The van der Waals surface area contributed by atoms with Crippen LogP contribution < -0.4 is 11.5 Å². The van der Waals surface area contributed by atoms with E-state index in [1.54, 1.807) is 24.3 Å². The molecular formula is C18H22BrN5O2S. The zero-order chi connectivity index (χ0) is 18.5. The Morgan fingerprint density at radius 2 is 1.67 bits per heavy atom. The molecule has 3 rings (SSSR count). The lowest BCUT2D eigenvalue weighted by atomic mass is 10.1. The summed E-state index contributed by atoms with van der Waals surface area (Å²) in [6, 6.07) is 6.98. The quantitative estimate of drug-likeness (QED) is 0.277. The predicted molar refractivity (Wildman–Crippen MR) is 112 cm³/mol. The molecule has 0 atom stereocenters. The molecule has 7 nitrogen and oxygen atoms in total. The van der Waals surface area contributed by atoms with E-state index in [0.717, 1.165) is 37.8 Å². The van der Waals surface area contributed by atoms with Gasteiger partial charge in [-0.2, -0.15) is 4.99 Å². The molecule has 144 valence electrons. The molecule has 0 spiro atoms. The molecule has 2 heterocycles. The Morgan fingerprint density at radius 1 is 1.04 bits per heavy atom. The summed E-state index contributed by atoms with van der Waals surface area (Å²) in [5, 5.41) is 2.53. The number of nitrogens with zero attached hydrogens (tertiary/aromatic N) is 3. The molecule has 0 unspecified atom stereocenters. The second-order valence-electron chi connectivity index (χ2n) is 6.13. The molecular weight excluding hydrogens is 430 g/mol. The first-order chi connectivity index (χ1) is 12.6. The van der Waals surface area contributed by atoms with Crippen LogP contribution in [0.1, 0.15) is 52.1 Å². The Labute approximate surface area is 172 Å². The fourth-order valence-electron chi connectivity index (χ4n) is 2.94. The van der Waals surface area contributed by atoms with Gasteiger partial charge in [0.25, 0.3) is 11.8 Å². The fourth-order valence-corrected chi connectivity index (χ4v) is 3.68. The lowest BCUT2D eigenvalue weighted by molar-refractivity contribution is 0.0651. The number of carbonyl (C=O) groups is 2. The number of aromatic nitrogens is 1. The Balaban J connectivity index is 0.00000261. The van der Waals surface area contributed by atoms with E-state index in [-0.39, 0.29) is 34.8 Å². The first kappa shape index (κ1) is 21.0. The molecule has 27 heavy (non-hydrogen) atoms. The number of thiazole rings is 1. The highest BCUT2D eigenvalue weighted by Gasteiger charge is 2.34. The molecule has 2 aromatic rings. The predicted octanol–water partition coefficient (Wildman–Crippen LogP) is 3.03. The smallest absolute Gasteiger partial charge is 0.261 e. The van der Waals surface area contributed by atoms with Crippen molar-refractivity contribution >= 4 is 51.2 Å². The van der Waals surface area contributed by atoms with Gasteiger partial charge in [0.15, 0.2) is 5.96 Å². The fraction of sp³-hybridized carbons (Fsp3) is 0.333. The number of nitrogens with two attached hydrogens (primary N) is 2. The molecule has 0 saturated heterocycles. The molecule has 1 aromatic heterocycles. The molecule has 0 aliphatic carbocycles. The van der Waals surface area contributed by atoms with Crippen molar-refractivity contribution in [1.29, 1.82) is 0 Å². The van der Waals surface area contributed by atoms with Crippen LogP contribution in [-0.2, 0) is 6.42 Å². The van der Waals surface area contributed by atoms with Gasteiger partial charge in [0.2, 0.25) is 5.13 Å². The monoisotopic (exact) mass is 451 g/mol. The van der Waals surface area contributed by atoms with Gasteiger partial charge < -0.3 is 11.5 Å². The van der Waals surface area contributed by atoms with Crippen LogP contribution in [-0.4, -0.2) is 34.2 Å². The number of guanidine groups is 1. The summed E-state index contributed by atoms with van der Waals surface area (Å²) in [4.78, 5) is 34.1. The second kappa shape index (κ2) is 9.61. The van der Waals surface area contributed by atoms with Gasteiger partial charge in [-0.25, -0.2) is 4.98 Å². The third-order valence-electron chi connectivity index (χ3n) is 4.21. The minimum atomic E-state index is -0.180. The molecule has 1 aliphatic rings. The van der Waals surface area contributed by atoms with Crippen molar-refractivity contribution in [1.82, 2.24) is 9.88 Å². The normalized spacial score (nSPS) is 12.7. The zero-order valence-corrected chi connectivity index (χ0v) is 17.3. The van der Waals surface area contributed by atoms with Gasteiger partial charge >= 0.3 is 0 Å². The van der Waals surface area contributed by atoms with Crippen molar-refractivity contribution in [2.75, 3.05) is 6.54 Å². The van der Waals surface area contributed by atoms with E-state index in [0.29, 0.717) is 22.8 Å². The Hall–Kier alpha value is -2.26. The molecule has 0 radical (unpaired) electrons. The SMILES string of the molecule is Br.NC(N)=Nc1nc(CCCCCCN2C(=O)c3ccccc3C2=O)cs1. The minimum absolute atomic E-state index is 0. The van der Waals surface area contributed by atoms with Gasteiger partial charge in [-0.1, -0.05) is 25.0 Å². The van der Waals surface area contributed by atoms with Crippen LogP contribution in [0.2, 0.25) is 0 Å². The number of hydrogen-bond donors (Lipinski definition) is 2. The number of aliphatic imine (C=N–C) groups is 1. The molecule has 1 aromatic carbocycles.